The standard InChI is InChI=1S/C13H22N2O4/c1-11(16)13(12(2)17,14-3-7-18-8-4-14)15-5-9-19-10-6-15/h16H,1,3-10H2,2H3. The third kappa shape index (κ3) is 2.53. The predicted molar refractivity (Wildman–Crippen MR) is 70.0 cm³/mol. The van der Waals surface area contributed by atoms with Crippen LogP contribution >= 0.6 is 0 Å². The lowest BCUT2D eigenvalue weighted by molar-refractivity contribution is -0.157. The molecule has 0 saturated carbocycles. The van der Waals surface area contributed by atoms with Gasteiger partial charge in [0.05, 0.1) is 26.4 Å². The summed E-state index contributed by atoms with van der Waals surface area (Å²) in [4.78, 5) is 16.2. The van der Waals surface area contributed by atoms with Gasteiger partial charge in [0.25, 0.3) is 0 Å². The molecule has 2 heterocycles. The largest absolute Gasteiger partial charge is 0.509 e. The zero-order valence-electron chi connectivity index (χ0n) is 11.4. The number of nitrogens with zero attached hydrogens (tertiary/aromatic N) is 2. The molecular formula is C13H22N2O4. The summed E-state index contributed by atoms with van der Waals surface area (Å²) in [5, 5.41) is 10.2. The summed E-state index contributed by atoms with van der Waals surface area (Å²) in [7, 11) is 0. The lowest BCUT2D eigenvalue weighted by Gasteiger charge is -2.50. The number of ketones is 1. The van der Waals surface area contributed by atoms with Crippen LogP contribution in [0.1, 0.15) is 6.92 Å². The maximum Gasteiger partial charge on any atom is 0.192 e. The van der Waals surface area contributed by atoms with E-state index in [-0.39, 0.29) is 11.5 Å². The zero-order valence-corrected chi connectivity index (χ0v) is 11.4. The molecule has 0 aliphatic carbocycles. The van der Waals surface area contributed by atoms with E-state index in [2.05, 4.69) is 6.58 Å². The molecule has 2 rings (SSSR count). The Balaban J connectivity index is 2.33. The van der Waals surface area contributed by atoms with Crippen molar-refractivity contribution in [3.05, 3.63) is 12.3 Å². The van der Waals surface area contributed by atoms with E-state index in [4.69, 9.17) is 9.47 Å². The Morgan fingerprint density at radius 3 is 1.68 bits per heavy atom. The monoisotopic (exact) mass is 270 g/mol. The van der Waals surface area contributed by atoms with Crippen LogP contribution < -0.4 is 0 Å². The van der Waals surface area contributed by atoms with Gasteiger partial charge in [-0.15, -0.1) is 0 Å². The summed E-state index contributed by atoms with van der Waals surface area (Å²) in [6, 6.07) is 0. The van der Waals surface area contributed by atoms with Crippen LogP contribution in [-0.4, -0.2) is 79.0 Å². The molecule has 0 atom stereocenters. The third-order valence-electron chi connectivity index (χ3n) is 3.83. The number of carbonyl (C=O) groups is 1. The highest BCUT2D eigenvalue weighted by Gasteiger charge is 2.50. The molecule has 0 spiro atoms. The number of ether oxygens (including phenoxy) is 2. The number of carbonyl (C=O) groups excluding carboxylic acids is 1. The second-order valence-electron chi connectivity index (χ2n) is 4.87. The minimum absolute atomic E-state index is 0.108. The Hall–Kier alpha value is -0.950. The Morgan fingerprint density at radius 2 is 1.42 bits per heavy atom. The number of Topliss-reactive ketones (excluding diaryl/α,β-unsaturated/α-hetero) is 1. The second-order valence-corrected chi connectivity index (χ2v) is 4.87. The lowest BCUT2D eigenvalue weighted by Crippen LogP contribution is -2.69. The first kappa shape index (κ1) is 14.5. The Kier molecular flexibility index (Phi) is 4.57. The molecule has 2 aliphatic heterocycles. The molecule has 6 nitrogen and oxygen atoms in total. The zero-order chi connectivity index (χ0) is 13.9. The summed E-state index contributed by atoms with van der Waals surface area (Å²) in [5.41, 5.74) is -1.13. The summed E-state index contributed by atoms with van der Waals surface area (Å²) in [6.07, 6.45) is 0. The van der Waals surface area contributed by atoms with E-state index in [0.29, 0.717) is 52.6 Å². The molecule has 0 radical (unpaired) electrons. The highest BCUT2D eigenvalue weighted by Crippen LogP contribution is 2.30. The SMILES string of the molecule is C=C(O)C(C(C)=O)(N1CCOCC1)N1CCOCC1. The second kappa shape index (κ2) is 6.00. The number of morpholine rings is 2. The minimum Gasteiger partial charge on any atom is -0.509 e. The molecule has 1 N–H and O–H groups in total. The molecule has 108 valence electrons. The third-order valence-corrected chi connectivity index (χ3v) is 3.83. The molecule has 0 unspecified atom stereocenters. The van der Waals surface area contributed by atoms with Gasteiger partial charge in [-0.25, -0.2) is 0 Å². The van der Waals surface area contributed by atoms with E-state index >= 15 is 0 Å². The number of aliphatic hydroxyl groups is 1. The normalized spacial score (nSPS) is 23.2. The van der Waals surface area contributed by atoms with Crippen LogP contribution in [-0.2, 0) is 14.3 Å². The van der Waals surface area contributed by atoms with Crippen molar-refractivity contribution in [2.45, 2.75) is 12.6 Å². The highest BCUT2D eigenvalue weighted by atomic mass is 16.5. The van der Waals surface area contributed by atoms with Crippen LogP contribution in [0.25, 0.3) is 0 Å². The smallest absolute Gasteiger partial charge is 0.192 e. The van der Waals surface area contributed by atoms with E-state index in [0.717, 1.165) is 0 Å². The van der Waals surface area contributed by atoms with Crippen molar-refractivity contribution in [2.24, 2.45) is 0 Å². The van der Waals surface area contributed by atoms with Gasteiger partial charge in [0.2, 0.25) is 0 Å². The number of hydrogen-bond donors (Lipinski definition) is 1. The summed E-state index contributed by atoms with van der Waals surface area (Å²) >= 11 is 0. The number of aliphatic hydroxyl groups excluding tert-OH is 1. The van der Waals surface area contributed by atoms with E-state index < -0.39 is 5.66 Å². The van der Waals surface area contributed by atoms with Gasteiger partial charge in [-0.3, -0.25) is 14.6 Å². The van der Waals surface area contributed by atoms with Gasteiger partial charge in [0.15, 0.2) is 11.4 Å². The van der Waals surface area contributed by atoms with E-state index in [9.17, 15) is 9.90 Å². The number of hydrogen-bond acceptors (Lipinski definition) is 6. The molecule has 19 heavy (non-hydrogen) atoms. The summed E-state index contributed by atoms with van der Waals surface area (Å²) in [5.74, 6) is -0.215. The molecule has 6 heteroatoms. The predicted octanol–water partition coefficient (Wildman–Crippen LogP) is 0.00780. The van der Waals surface area contributed by atoms with Crippen LogP contribution in [0.3, 0.4) is 0 Å². The van der Waals surface area contributed by atoms with Crippen LogP contribution in [0.15, 0.2) is 12.3 Å². The van der Waals surface area contributed by atoms with Crippen LogP contribution in [0.4, 0.5) is 0 Å². The molecule has 2 saturated heterocycles. The van der Waals surface area contributed by atoms with Crippen molar-refractivity contribution in [3.63, 3.8) is 0 Å². The Labute approximate surface area is 113 Å². The van der Waals surface area contributed by atoms with E-state index in [1.807, 2.05) is 9.80 Å². The Morgan fingerprint density at radius 1 is 1.05 bits per heavy atom. The fourth-order valence-corrected chi connectivity index (χ4v) is 2.99. The quantitative estimate of drug-likeness (QED) is 0.726. The molecule has 2 aliphatic rings. The van der Waals surface area contributed by atoms with Crippen molar-refractivity contribution in [2.75, 3.05) is 52.6 Å². The number of rotatable bonds is 4. The van der Waals surface area contributed by atoms with E-state index in [1.54, 1.807) is 0 Å². The van der Waals surface area contributed by atoms with Gasteiger partial charge in [-0.2, -0.15) is 0 Å². The maximum atomic E-state index is 12.3. The average molecular weight is 270 g/mol. The fraction of sp³-hybridized carbons (Fsp3) is 0.769. The maximum absolute atomic E-state index is 12.3. The van der Waals surface area contributed by atoms with Crippen molar-refractivity contribution >= 4 is 5.78 Å². The summed E-state index contributed by atoms with van der Waals surface area (Å²) < 4.78 is 10.7. The van der Waals surface area contributed by atoms with Gasteiger partial charge in [-0.1, -0.05) is 6.58 Å². The van der Waals surface area contributed by atoms with Crippen LogP contribution in [0.5, 0.6) is 0 Å². The van der Waals surface area contributed by atoms with E-state index in [1.165, 1.54) is 6.92 Å². The van der Waals surface area contributed by atoms with Gasteiger partial charge < -0.3 is 14.6 Å². The molecule has 2 fully saturated rings. The molecule has 0 bridgehead atoms. The van der Waals surface area contributed by atoms with Crippen molar-refractivity contribution in [3.8, 4) is 0 Å². The first-order valence-electron chi connectivity index (χ1n) is 6.65. The highest BCUT2D eigenvalue weighted by molar-refractivity contribution is 5.88. The van der Waals surface area contributed by atoms with Crippen molar-refractivity contribution in [1.29, 1.82) is 0 Å². The molecule has 0 aromatic rings. The lowest BCUT2D eigenvalue weighted by atomic mass is 9.97. The fourth-order valence-electron chi connectivity index (χ4n) is 2.99. The minimum atomic E-state index is -1.13. The average Bonchev–Trinajstić information content (AvgIpc) is 2.41. The van der Waals surface area contributed by atoms with Gasteiger partial charge in [0, 0.05) is 26.2 Å². The first-order chi connectivity index (χ1) is 9.10. The molecular weight excluding hydrogens is 248 g/mol. The van der Waals surface area contributed by atoms with Crippen LogP contribution in [0.2, 0.25) is 0 Å². The van der Waals surface area contributed by atoms with Gasteiger partial charge >= 0.3 is 0 Å². The van der Waals surface area contributed by atoms with Gasteiger partial charge in [0.1, 0.15) is 5.76 Å². The first-order valence-corrected chi connectivity index (χ1v) is 6.65. The van der Waals surface area contributed by atoms with Crippen molar-refractivity contribution < 1.29 is 19.4 Å². The van der Waals surface area contributed by atoms with Crippen molar-refractivity contribution in [1.82, 2.24) is 9.80 Å². The topological polar surface area (TPSA) is 62.2 Å². The molecule has 0 amide bonds. The Bertz CT molecular complexity index is 313. The molecule has 0 aromatic heterocycles. The van der Waals surface area contributed by atoms with Crippen LogP contribution in [0, 0.1) is 0 Å². The molecule has 0 aromatic carbocycles. The summed E-state index contributed by atoms with van der Waals surface area (Å²) in [6.45, 7) is 9.85. The van der Waals surface area contributed by atoms with Gasteiger partial charge in [-0.05, 0) is 6.92 Å².